The molecule has 4 heterocycles. The number of carbonyl (C=O) groups is 1. The standard InChI is InChI=1S/C29H23F3N6O2/c30-21-2-1-3-23(12-21)40-26-7-5-22(15-34-26)35-28(39)27-24-11-19(4-6-25(24)36-37-27)20-10-18(13-33-14-20)16-38-9-8-29(31,32)17-38/h1-7,10-15H,8-9,16-17H2,(H,35,39)(H,36,37). The van der Waals surface area contributed by atoms with Crippen molar-refractivity contribution in [2.24, 2.45) is 0 Å². The number of likely N-dealkylation sites (tertiary alicyclic amines) is 1. The zero-order chi connectivity index (χ0) is 27.7. The first-order valence-electron chi connectivity index (χ1n) is 12.5. The maximum atomic E-state index is 13.6. The topological polar surface area (TPSA) is 96.0 Å². The predicted molar refractivity (Wildman–Crippen MR) is 143 cm³/mol. The van der Waals surface area contributed by atoms with E-state index < -0.39 is 17.6 Å². The first-order chi connectivity index (χ1) is 19.3. The molecular formula is C29H23F3N6O2. The molecule has 1 aliphatic rings. The molecule has 1 fully saturated rings. The smallest absolute Gasteiger partial charge is 0.276 e. The van der Waals surface area contributed by atoms with Gasteiger partial charge in [0.15, 0.2) is 5.69 Å². The summed E-state index contributed by atoms with van der Waals surface area (Å²) >= 11 is 0. The summed E-state index contributed by atoms with van der Waals surface area (Å²) in [5, 5.41) is 10.5. The number of fused-ring (bicyclic) bond motifs is 1. The van der Waals surface area contributed by atoms with Crippen molar-refractivity contribution in [1.82, 2.24) is 25.1 Å². The zero-order valence-electron chi connectivity index (χ0n) is 21.1. The number of rotatable bonds is 7. The van der Waals surface area contributed by atoms with Gasteiger partial charge in [0, 0.05) is 55.0 Å². The number of anilines is 1. The van der Waals surface area contributed by atoms with Gasteiger partial charge < -0.3 is 10.1 Å². The molecule has 0 bridgehead atoms. The zero-order valence-corrected chi connectivity index (χ0v) is 21.1. The molecule has 11 heteroatoms. The Hall–Kier alpha value is -4.77. The molecule has 0 aliphatic carbocycles. The Labute approximate surface area is 226 Å². The van der Waals surface area contributed by atoms with E-state index in [0.29, 0.717) is 35.4 Å². The molecule has 5 aromatic rings. The number of halogens is 3. The van der Waals surface area contributed by atoms with Crippen molar-refractivity contribution in [3.8, 4) is 22.8 Å². The van der Waals surface area contributed by atoms with Crippen LogP contribution in [-0.4, -0.2) is 50.0 Å². The number of carbonyl (C=O) groups excluding carboxylic acids is 1. The van der Waals surface area contributed by atoms with Gasteiger partial charge in [0.1, 0.15) is 11.6 Å². The van der Waals surface area contributed by atoms with Gasteiger partial charge in [-0.15, -0.1) is 0 Å². The Morgan fingerprint density at radius 3 is 2.73 bits per heavy atom. The van der Waals surface area contributed by atoms with Crippen LogP contribution < -0.4 is 10.1 Å². The lowest BCUT2D eigenvalue weighted by molar-refractivity contribution is 0.0115. The van der Waals surface area contributed by atoms with E-state index in [1.807, 2.05) is 24.3 Å². The van der Waals surface area contributed by atoms with Crippen LogP contribution in [-0.2, 0) is 6.54 Å². The number of alkyl halides is 2. The molecule has 0 spiro atoms. The summed E-state index contributed by atoms with van der Waals surface area (Å²) < 4.78 is 46.1. The summed E-state index contributed by atoms with van der Waals surface area (Å²) in [6, 6.07) is 16.3. The number of aromatic amines is 1. The number of hydrogen-bond acceptors (Lipinski definition) is 6. The minimum Gasteiger partial charge on any atom is -0.439 e. The molecule has 2 N–H and O–H groups in total. The average Bonchev–Trinajstić information content (AvgIpc) is 3.52. The average molecular weight is 545 g/mol. The van der Waals surface area contributed by atoms with Crippen molar-refractivity contribution in [1.29, 1.82) is 0 Å². The van der Waals surface area contributed by atoms with Crippen molar-refractivity contribution in [2.45, 2.75) is 18.9 Å². The number of benzene rings is 2. The fourth-order valence-corrected chi connectivity index (χ4v) is 4.65. The minimum absolute atomic E-state index is 0.134. The van der Waals surface area contributed by atoms with E-state index in [0.717, 1.165) is 16.7 Å². The van der Waals surface area contributed by atoms with E-state index in [1.165, 1.54) is 24.4 Å². The first kappa shape index (κ1) is 25.5. The monoisotopic (exact) mass is 544 g/mol. The number of aromatic nitrogens is 4. The summed E-state index contributed by atoms with van der Waals surface area (Å²) in [6.07, 6.45) is 4.67. The third-order valence-corrected chi connectivity index (χ3v) is 6.57. The molecule has 1 aliphatic heterocycles. The van der Waals surface area contributed by atoms with Crippen molar-refractivity contribution < 1.29 is 22.7 Å². The highest BCUT2D eigenvalue weighted by molar-refractivity contribution is 6.11. The number of nitrogens with one attached hydrogen (secondary N) is 2. The first-order valence-corrected chi connectivity index (χ1v) is 12.5. The van der Waals surface area contributed by atoms with Crippen molar-refractivity contribution in [3.63, 3.8) is 0 Å². The largest absolute Gasteiger partial charge is 0.439 e. The third kappa shape index (κ3) is 5.64. The SMILES string of the molecule is O=C(Nc1ccc(Oc2cccc(F)c2)nc1)c1n[nH]c2ccc(-c3cncc(CN4CCC(F)(F)C4)c3)cc12. The van der Waals surface area contributed by atoms with Crippen LogP contribution in [0.1, 0.15) is 22.5 Å². The maximum Gasteiger partial charge on any atom is 0.276 e. The fraction of sp³-hybridized carbons (Fsp3) is 0.172. The van der Waals surface area contributed by atoms with Gasteiger partial charge >= 0.3 is 0 Å². The van der Waals surface area contributed by atoms with Gasteiger partial charge in [-0.2, -0.15) is 5.10 Å². The van der Waals surface area contributed by atoms with Crippen molar-refractivity contribution in [3.05, 3.63) is 96.3 Å². The number of pyridine rings is 2. The second-order valence-corrected chi connectivity index (χ2v) is 9.63. The lowest BCUT2D eigenvalue weighted by Gasteiger charge is -2.15. The second-order valence-electron chi connectivity index (χ2n) is 9.63. The van der Waals surface area contributed by atoms with E-state index >= 15 is 0 Å². The number of H-pyrrole nitrogens is 1. The van der Waals surface area contributed by atoms with Crippen LogP contribution in [0.3, 0.4) is 0 Å². The number of ether oxygens (including phenoxy) is 1. The van der Waals surface area contributed by atoms with E-state index in [1.54, 1.807) is 35.5 Å². The molecule has 1 amide bonds. The summed E-state index contributed by atoms with van der Waals surface area (Å²) in [7, 11) is 0. The number of amides is 1. The number of hydrogen-bond donors (Lipinski definition) is 2. The molecule has 2 aromatic carbocycles. The molecule has 202 valence electrons. The van der Waals surface area contributed by atoms with Gasteiger partial charge in [-0.05, 0) is 47.5 Å². The van der Waals surface area contributed by atoms with Crippen molar-refractivity contribution >= 4 is 22.5 Å². The van der Waals surface area contributed by atoms with E-state index in [9.17, 15) is 18.0 Å². The van der Waals surface area contributed by atoms with Gasteiger partial charge in [-0.3, -0.25) is 19.8 Å². The van der Waals surface area contributed by atoms with Crippen LogP contribution in [0.2, 0.25) is 0 Å². The van der Waals surface area contributed by atoms with Crippen LogP contribution in [0.4, 0.5) is 18.9 Å². The molecule has 40 heavy (non-hydrogen) atoms. The van der Waals surface area contributed by atoms with E-state index in [2.05, 4.69) is 25.5 Å². The highest BCUT2D eigenvalue weighted by Crippen LogP contribution is 2.30. The Balaban J connectivity index is 1.17. The quantitative estimate of drug-likeness (QED) is 0.259. The molecular weight excluding hydrogens is 521 g/mol. The third-order valence-electron chi connectivity index (χ3n) is 6.57. The van der Waals surface area contributed by atoms with E-state index in [4.69, 9.17) is 4.74 Å². The Morgan fingerprint density at radius 2 is 1.95 bits per heavy atom. The molecule has 3 aromatic heterocycles. The lowest BCUT2D eigenvalue weighted by atomic mass is 10.0. The Kier molecular flexibility index (Phi) is 6.64. The maximum absolute atomic E-state index is 13.6. The van der Waals surface area contributed by atoms with Gasteiger partial charge in [0.05, 0.1) is 23.9 Å². The molecule has 0 saturated carbocycles. The Morgan fingerprint density at radius 1 is 1.05 bits per heavy atom. The lowest BCUT2D eigenvalue weighted by Crippen LogP contribution is -2.24. The molecule has 6 rings (SSSR count). The molecule has 8 nitrogen and oxygen atoms in total. The van der Waals surface area contributed by atoms with Crippen LogP contribution in [0, 0.1) is 5.82 Å². The molecule has 1 saturated heterocycles. The Bertz CT molecular complexity index is 1690. The van der Waals surface area contributed by atoms with Crippen molar-refractivity contribution in [2.75, 3.05) is 18.4 Å². The summed E-state index contributed by atoms with van der Waals surface area (Å²) in [5.74, 6) is -2.96. The van der Waals surface area contributed by atoms with Crippen LogP contribution in [0.15, 0.2) is 79.3 Å². The normalized spacial score (nSPS) is 14.9. The van der Waals surface area contributed by atoms with E-state index in [-0.39, 0.29) is 24.5 Å². The summed E-state index contributed by atoms with van der Waals surface area (Å²) in [6.45, 7) is 0.474. The van der Waals surface area contributed by atoms with Crippen LogP contribution in [0.25, 0.3) is 22.0 Å². The van der Waals surface area contributed by atoms with Gasteiger partial charge in [-0.1, -0.05) is 12.1 Å². The van der Waals surface area contributed by atoms with Crippen LogP contribution >= 0.6 is 0 Å². The fourth-order valence-electron chi connectivity index (χ4n) is 4.65. The number of nitrogens with zero attached hydrogens (tertiary/aromatic N) is 4. The van der Waals surface area contributed by atoms with Gasteiger partial charge in [0.25, 0.3) is 11.8 Å². The second kappa shape index (κ2) is 10.4. The molecule has 0 atom stereocenters. The highest BCUT2D eigenvalue weighted by atomic mass is 19.3. The minimum atomic E-state index is -2.65. The van der Waals surface area contributed by atoms with Gasteiger partial charge in [-0.25, -0.2) is 18.2 Å². The molecule has 0 unspecified atom stereocenters. The van der Waals surface area contributed by atoms with Crippen LogP contribution in [0.5, 0.6) is 11.6 Å². The van der Waals surface area contributed by atoms with Gasteiger partial charge in [0.2, 0.25) is 5.88 Å². The highest BCUT2D eigenvalue weighted by Gasteiger charge is 2.37. The predicted octanol–water partition coefficient (Wildman–Crippen LogP) is 6.04. The summed E-state index contributed by atoms with van der Waals surface area (Å²) in [4.78, 5) is 23.3. The molecule has 0 radical (unpaired) electrons. The summed E-state index contributed by atoms with van der Waals surface area (Å²) in [5.41, 5.74) is 3.74.